The van der Waals surface area contributed by atoms with Crippen LogP contribution in [-0.4, -0.2) is 32.9 Å². The maximum Gasteiger partial charge on any atom is 0.282 e. The lowest BCUT2D eigenvalue weighted by atomic mass is 9.87. The second kappa shape index (κ2) is 10.3. The number of benzene rings is 1. The second-order valence-corrected chi connectivity index (χ2v) is 9.76. The van der Waals surface area contributed by atoms with Gasteiger partial charge < -0.3 is 10.1 Å². The molecular formula is C26H30F3N5O. The minimum absolute atomic E-state index is 0.0258. The maximum absolute atomic E-state index is 13.7. The monoisotopic (exact) mass is 485 g/mol. The van der Waals surface area contributed by atoms with Crippen LogP contribution in [0, 0.1) is 5.41 Å². The summed E-state index contributed by atoms with van der Waals surface area (Å²) in [4.78, 5) is 4.09. The van der Waals surface area contributed by atoms with E-state index in [9.17, 15) is 13.2 Å². The molecule has 0 amide bonds. The molecule has 1 aromatic carbocycles. The highest BCUT2D eigenvalue weighted by Crippen LogP contribution is 2.26. The molecule has 2 heterocycles. The minimum Gasteiger partial charge on any atom is -0.447 e. The van der Waals surface area contributed by atoms with Crippen LogP contribution in [0.2, 0.25) is 0 Å². The van der Waals surface area contributed by atoms with Crippen LogP contribution in [0.25, 0.3) is 11.8 Å². The fourth-order valence-corrected chi connectivity index (χ4v) is 3.16. The van der Waals surface area contributed by atoms with Crippen molar-refractivity contribution in [1.29, 1.82) is 5.41 Å². The Hall–Kier alpha value is -3.62. The Labute approximate surface area is 203 Å². The number of nitrogens with one attached hydrogen (secondary N) is 2. The number of alkyl halides is 3. The summed E-state index contributed by atoms with van der Waals surface area (Å²) in [6, 6.07) is 10.7. The standard InChI is InChI=1S/C26H30F3N5O/c1-25(2,3)19-6-8-20(9-7-19)34-15-18(22(33-34)23(27)28)11-13-35-24(30)17-10-12-31-21(14-17)32-16-26(4,5)29/h6-15,23,30H,16H2,1-5H3,(H,31,32)/b13-11+,30-24?. The van der Waals surface area contributed by atoms with Crippen LogP contribution in [0.4, 0.5) is 19.0 Å². The van der Waals surface area contributed by atoms with Crippen molar-refractivity contribution in [2.24, 2.45) is 0 Å². The Bertz CT molecular complexity index is 1190. The number of hydrogen-bond donors (Lipinski definition) is 2. The maximum atomic E-state index is 13.7. The smallest absolute Gasteiger partial charge is 0.282 e. The van der Waals surface area contributed by atoms with Crippen molar-refractivity contribution in [3.63, 3.8) is 0 Å². The van der Waals surface area contributed by atoms with E-state index >= 15 is 0 Å². The molecule has 0 radical (unpaired) electrons. The summed E-state index contributed by atoms with van der Waals surface area (Å²) in [5, 5.41) is 15.0. The first-order chi connectivity index (χ1) is 16.3. The van der Waals surface area contributed by atoms with Crippen molar-refractivity contribution in [2.45, 2.75) is 52.1 Å². The van der Waals surface area contributed by atoms with E-state index in [0.29, 0.717) is 17.1 Å². The first-order valence-electron chi connectivity index (χ1n) is 11.1. The zero-order valence-electron chi connectivity index (χ0n) is 20.4. The zero-order valence-corrected chi connectivity index (χ0v) is 20.4. The van der Waals surface area contributed by atoms with Crippen LogP contribution >= 0.6 is 0 Å². The van der Waals surface area contributed by atoms with Crippen molar-refractivity contribution in [3.8, 4) is 5.69 Å². The molecule has 35 heavy (non-hydrogen) atoms. The number of hydrogen-bond acceptors (Lipinski definition) is 5. The summed E-state index contributed by atoms with van der Waals surface area (Å²) < 4.78 is 47.6. The van der Waals surface area contributed by atoms with Gasteiger partial charge in [-0.25, -0.2) is 22.8 Å². The average Bonchev–Trinajstić information content (AvgIpc) is 3.21. The molecule has 3 aromatic rings. The van der Waals surface area contributed by atoms with E-state index in [1.54, 1.807) is 12.1 Å². The van der Waals surface area contributed by atoms with E-state index in [1.807, 2.05) is 24.3 Å². The fourth-order valence-electron chi connectivity index (χ4n) is 3.16. The van der Waals surface area contributed by atoms with Crippen LogP contribution in [0.1, 0.15) is 63.4 Å². The molecule has 0 spiro atoms. The largest absolute Gasteiger partial charge is 0.447 e. The van der Waals surface area contributed by atoms with E-state index in [0.717, 1.165) is 11.8 Å². The van der Waals surface area contributed by atoms with Gasteiger partial charge in [0.2, 0.25) is 5.90 Å². The van der Waals surface area contributed by atoms with E-state index < -0.39 is 12.1 Å². The van der Waals surface area contributed by atoms with Gasteiger partial charge in [0.1, 0.15) is 17.2 Å². The molecule has 0 unspecified atom stereocenters. The van der Waals surface area contributed by atoms with Gasteiger partial charge in [0.25, 0.3) is 6.43 Å². The molecule has 0 aliphatic rings. The van der Waals surface area contributed by atoms with E-state index in [4.69, 9.17) is 10.1 Å². The van der Waals surface area contributed by atoms with Crippen LogP contribution in [0.3, 0.4) is 0 Å². The molecule has 2 N–H and O–H groups in total. The average molecular weight is 486 g/mol. The highest BCUT2D eigenvalue weighted by atomic mass is 19.3. The molecule has 2 aromatic heterocycles. The Morgan fingerprint density at radius 1 is 1.14 bits per heavy atom. The van der Waals surface area contributed by atoms with Gasteiger partial charge in [-0.2, -0.15) is 5.10 Å². The van der Waals surface area contributed by atoms with Crippen molar-refractivity contribution in [2.75, 3.05) is 11.9 Å². The molecule has 0 fully saturated rings. The molecule has 9 heteroatoms. The second-order valence-electron chi connectivity index (χ2n) is 9.76. The number of pyridine rings is 1. The van der Waals surface area contributed by atoms with Crippen molar-refractivity contribution in [1.82, 2.24) is 14.8 Å². The third-order valence-electron chi connectivity index (χ3n) is 5.12. The van der Waals surface area contributed by atoms with E-state index in [-0.39, 0.29) is 29.1 Å². The molecule has 0 saturated carbocycles. The Balaban J connectivity index is 1.73. The first-order valence-corrected chi connectivity index (χ1v) is 11.1. The lowest BCUT2D eigenvalue weighted by Crippen LogP contribution is -2.24. The van der Waals surface area contributed by atoms with Gasteiger partial charge >= 0.3 is 0 Å². The predicted molar refractivity (Wildman–Crippen MR) is 132 cm³/mol. The summed E-state index contributed by atoms with van der Waals surface area (Å²) in [7, 11) is 0. The van der Waals surface area contributed by atoms with Gasteiger partial charge in [-0.3, -0.25) is 5.41 Å². The highest BCUT2D eigenvalue weighted by Gasteiger charge is 2.19. The number of anilines is 1. The Morgan fingerprint density at radius 2 is 1.83 bits per heavy atom. The lowest BCUT2D eigenvalue weighted by molar-refractivity contribution is 0.145. The summed E-state index contributed by atoms with van der Waals surface area (Å²) in [6.45, 7) is 9.22. The van der Waals surface area contributed by atoms with E-state index in [1.165, 1.54) is 37.0 Å². The molecule has 0 saturated heterocycles. The summed E-state index contributed by atoms with van der Waals surface area (Å²) >= 11 is 0. The normalized spacial score (nSPS) is 12.4. The van der Waals surface area contributed by atoms with Crippen molar-refractivity contribution >= 4 is 17.8 Å². The molecule has 0 aliphatic heterocycles. The quantitative estimate of drug-likeness (QED) is 0.212. The zero-order chi connectivity index (χ0) is 25.8. The van der Waals surface area contributed by atoms with Crippen LogP contribution in [-0.2, 0) is 10.2 Å². The van der Waals surface area contributed by atoms with Crippen LogP contribution in [0.15, 0.2) is 55.1 Å². The fraction of sp³-hybridized carbons (Fsp3) is 0.346. The molecule has 0 bridgehead atoms. The van der Waals surface area contributed by atoms with Crippen LogP contribution < -0.4 is 5.32 Å². The summed E-state index contributed by atoms with van der Waals surface area (Å²) in [5.74, 6) is 0.180. The topological polar surface area (TPSA) is 75.8 Å². The Morgan fingerprint density at radius 3 is 2.43 bits per heavy atom. The molecule has 0 atom stereocenters. The van der Waals surface area contributed by atoms with Gasteiger partial charge in [-0.1, -0.05) is 32.9 Å². The molecule has 3 rings (SSSR count). The minimum atomic E-state index is -2.78. The highest BCUT2D eigenvalue weighted by molar-refractivity contribution is 5.92. The molecule has 186 valence electrons. The van der Waals surface area contributed by atoms with Gasteiger partial charge in [0.05, 0.1) is 11.9 Å². The third-order valence-corrected chi connectivity index (χ3v) is 5.12. The SMILES string of the molecule is CC(C)(F)CNc1cc(C(=N)O/C=C/c2cn(-c3ccc(C(C)(C)C)cc3)nc2C(F)F)ccn1. The lowest BCUT2D eigenvalue weighted by Gasteiger charge is -2.19. The molecular weight excluding hydrogens is 455 g/mol. The Kier molecular flexibility index (Phi) is 7.67. The number of halogens is 3. The van der Waals surface area contributed by atoms with E-state index in [2.05, 4.69) is 36.2 Å². The van der Waals surface area contributed by atoms with Gasteiger partial charge in [0.15, 0.2) is 0 Å². The number of ether oxygens (including phenoxy) is 1. The number of rotatable bonds is 8. The number of aromatic nitrogens is 3. The van der Waals surface area contributed by atoms with Gasteiger partial charge in [0, 0.05) is 30.1 Å². The summed E-state index contributed by atoms with van der Waals surface area (Å²) in [6.07, 6.45) is 2.68. The van der Waals surface area contributed by atoms with Gasteiger partial charge in [-0.15, -0.1) is 0 Å². The molecule has 6 nitrogen and oxygen atoms in total. The third kappa shape index (κ3) is 7.18. The van der Waals surface area contributed by atoms with Crippen LogP contribution in [0.5, 0.6) is 0 Å². The predicted octanol–water partition coefficient (Wildman–Crippen LogP) is 6.68. The van der Waals surface area contributed by atoms with Crippen molar-refractivity contribution in [3.05, 3.63) is 77.4 Å². The number of nitrogens with zero attached hydrogens (tertiary/aromatic N) is 3. The molecule has 0 aliphatic carbocycles. The first kappa shape index (κ1) is 26.0. The van der Waals surface area contributed by atoms with Gasteiger partial charge in [-0.05, 0) is 55.2 Å². The van der Waals surface area contributed by atoms with Crippen molar-refractivity contribution < 1.29 is 17.9 Å². The summed E-state index contributed by atoms with van der Waals surface area (Å²) in [5.41, 5.74) is 0.510.